The molecule has 1 aromatic carbocycles. The molecule has 1 aliphatic rings. The van der Waals surface area contributed by atoms with Gasteiger partial charge in [0.2, 0.25) is 10.8 Å². The molecule has 0 fully saturated rings. The molecule has 2 nitrogen and oxygen atoms in total. The lowest BCUT2D eigenvalue weighted by Gasteiger charge is -1.97. The van der Waals surface area contributed by atoms with Gasteiger partial charge in [-0.3, -0.25) is 4.79 Å². The van der Waals surface area contributed by atoms with E-state index in [2.05, 4.69) is 15.9 Å². The van der Waals surface area contributed by atoms with Gasteiger partial charge in [0.1, 0.15) is 11.6 Å². The molecule has 0 aliphatic carbocycles. The minimum absolute atomic E-state index is 0.162. The molecule has 1 aliphatic heterocycles. The van der Waals surface area contributed by atoms with E-state index in [0.717, 1.165) is 0 Å². The summed E-state index contributed by atoms with van der Waals surface area (Å²) in [5.41, 5.74) is 0.429. The normalized spacial score (nSPS) is 20.5. The second kappa shape index (κ2) is 2.55. The van der Waals surface area contributed by atoms with Crippen LogP contribution in [0.25, 0.3) is 0 Å². The van der Waals surface area contributed by atoms with E-state index in [1.807, 2.05) is 0 Å². The number of Topliss-reactive ketones (excluding diaryl/α,β-unsaturated/α-hetero) is 1. The number of benzene rings is 1. The van der Waals surface area contributed by atoms with Crippen LogP contribution in [-0.4, -0.2) is 10.8 Å². The van der Waals surface area contributed by atoms with Crippen LogP contribution in [0.3, 0.4) is 0 Å². The molecule has 1 atom stereocenters. The first-order chi connectivity index (χ1) is 5.68. The monoisotopic (exact) mass is 230 g/mol. The average molecular weight is 231 g/mol. The van der Waals surface area contributed by atoms with Crippen LogP contribution < -0.4 is 4.74 Å². The van der Waals surface area contributed by atoms with Crippen molar-refractivity contribution < 1.29 is 13.9 Å². The van der Waals surface area contributed by atoms with Gasteiger partial charge in [-0.1, -0.05) is 0 Å². The number of carbonyl (C=O) groups is 1. The van der Waals surface area contributed by atoms with Gasteiger partial charge in [0.25, 0.3) is 0 Å². The number of hydrogen-bond acceptors (Lipinski definition) is 2. The predicted molar refractivity (Wildman–Crippen MR) is 44.1 cm³/mol. The van der Waals surface area contributed by atoms with Crippen LogP contribution >= 0.6 is 15.9 Å². The number of fused-ring (bicyclic) bond motifs is 1. The molecule has 1 aromatic rings. The number of halogens is 2. The Morgan fingerprint density at radius 1 is 1.50 bits per heavy atom. The smallest absolute Gasteiger partial charge is 0.218 e. The highest BCUT2D eigenvalue weighted by Gasteiger charge is 2.30. The molecule has 0 saturated carbocycles. The fourth-order valence-corrected chi connectivity index (χ4v) is 1.53. The van der Waals surface area contributed by atoms with Crippen molar-refractivity contribution >= 4 is 21.7 Å². The fraction of sp³-hybridized carbons (Fsp3) is 0.125. The second-order valence-electron chi connectivity index (χ2n) is 2.44. The van der Waals surface area contributed by atoms with E-state index in [-0.39, 0.29) is 5.78 Å². The van der Waals surface area contributed by atoms with E-state index in [9.17, 15) is 9.18 Å². The number of hydrogen-bond donors (Lipinski definition) is 0. The molecule has 0 unspecified atom stereocenters. The Kier molecular flexibility index (Phi) is 1.65. The zero-order valence-electron chi connectivity index (χ0n) is 5.88. The van der Waals surface area contributed by atoms with Crippen molar-refractivity contribution in [1.29, 1.82) is 0 Å². The van der Waals surface area contributed by atoms with Gasteiger partial charge in [0.15, 0.2) is 0 Å². The van der Waals surface area contributed by atoms with Crippen molar-refractivity contribution in [3.63, 3.8) is 0 Å². The first-order valence-corrected chi connectivity index (χ1v) is 4.24. The largest absolute Gasteiger partial charge is 0.470 e. The first-order valence-electron chi connectivity index (χ1n) is 3.33. The molecule has 0 spiro atoms. The van der Waals surface area contributed by atoms with Crippen molar-refractivity contribution in [2.75, 3.05) is 0 Å². The molecule has 0 radical (unpaired) electrons. The highest BCUT2D eigenvalue weighted by Crippen LogP contribution is 2.31. The summed E-state index contributed by atoms with van der Waals surface area (Å²) in [5, 5.41) is -0.658. The minimum atomic E-state index is -0.658. The Labute approximate surface area is 76.5 Å². The molecule has 2 rings (SSSR count). The summed E-state index contributed by atoms with van der Waals surface area (Å²) >= 11 is 3.01. The van der Waals surface area contributed by atoms with Gasteiger partial charge >= 0.3 is 0 Å². The Hall–Kier alpha value is -0.900. The SMILES string of the molecule is O=C1c2ccc(F)cc2O[C@@H]1Br. The molecule has 62 valence electrons. The maximum atomic E-state index is 12.6. The minimum Gasteiger partial charge on any atom is -0.470 e. The molecule has 1 heterocycles. The summed E-state index contributed by atoms with van der Waals surface area (Å²) < 4.78 is 17.6. The van der Waals surface area contributed by atoms with Crippen molar-refractivity contribution in [2.24, 2.45) is 0 Å². The van der Waals surface area contributed by atoms with Crippen LogP contribution in [0.4, 0.5) is 4.39 Å². The summed E-state index contributed by atoms with van der Waals surface area (Å²) in [4.78, 5) is 11.2. The summed E-state index contributed by atoms with van der Waals surface area (Å²) in [7, 11) is 0. The Bertz CT molecular complexity index is 351. The van der Waals surface area contributed by atoms with Gasteiger partial charge in [-0.25, -0.2) is 4.39 Å². The third kappa shape index (κ3) is 1.03. The Morgan fingerprint density at radius 2 is 2.25 bits per heavy atom. The molecule has 0 amide bonds. The topological polar surface area (TPSA) is 26.3 Å². The third-order valence-electron chi connectivity index (χ3n) is 1.65. The molecule has 0 saturated heterocycles. The number of ether oxygens (including phenoxy) is 1. The lowest BCUT2D eigenvalue weighted by Crippen LogP contribution is -2.10. The van der Waals surface area contributed by atoms with E-state index in [1.54, 1.807) is 0 Å². The van der Waals surface area contributed by atoms with Crippen LogP contribution in [0.1, 0.15) is 10.4 Å². The summed E-state index contributed by atoms with van der Waals surface area (Å²) in [6.07, 6.45) is 0. The van der Waals surface area contributed by atoms with Crippen molar-refractivity contribution in [2.45, 2.75) is 5.01 Å². The quantitative estimate of drug-likeness (QED) is 0.639. The number of alkyl halides is 1. The molecule has 0 N–H and O–H groups in total. The summed E-state index contributed by atoms with van der Waals surface area (Å²) in [6, 6.07) is 3.87. The summed E-state index contributed by atoms with van der Waals surface area (Å²) in [5.74, 6) is -0.255. The van der Waals surface area contributed by atoms with E-state index in [4.69, 9.17) is 4.74 Å². The maximum absolute atomic E-state index is 12.6. The molecule has 0 bridgehead atoms. The molecule has 4 heteroatoms. The van der Waals surface area contributed by atoms with Crippen molar-refractivity contribution in [1.82, 2.24) is 0 Å². The van der Waals surface area contributed by atoms with E-state index in [1.165, 1.54) is 18.2 Å². The lowest BCUT2D eigenvalue weighted by molar-refractivity contribution is 0.0942. The average Bonchev–Trinajstić information content (AvgIpc) is 2.28. The lowest BCUT2D eigenvalue weighted by atomic mass is 10.1. The van der Waals surface area contributed by atoms with Crippen LogP contribution in [0.15, 0.2) is 18.2 Å². The zero-order chi connectivity index (χ0) is 8.72. The third-order valence-corrected chi connectivity index (χ3v) is 2.25. The molecule has 12 heavy (non-hydrogen) atoms. The standard InChI is InChI=1S/C8H4BrFO2/c9-8-7(11)5-2-1-4(10)3-6(5)12-8/h1-3,8H/t8-/m0/s1. The highest BCUT2D eigenvalue weighted by molar-refractivity contribution is 9.09. The number of carbonyl (C=O) groups excluding carboxylic acids is 1. The number of ketones is 1. The van der Waals surface area contributed by atoms with Crippen LogP contribution in [0, 0.1) is 5.82 Å². The van der Waals surface area contributed by atoms with Crippen molar-refractivity contribution in [3.8, 4) is 5.75 Å². The molecular formula is C8H4BrFO2. The zero-order valence-corrected chi connectivity index (χ0v) is 7.47. The van der Waals surface area contributed by atoms with E-state index < -0.39 is 10.8 Å². The van der Waals surface area contributed by atoms with Gasteiger partial charge in [-0.05, 0) is 28.1 Å². The van der Waals surface area contributed by atoms with E-state index >= 15 is 0 Å². The predicted octanol–water partition coefficient (Wildman–Crippen LogP) is 2.12. The van der Waals surface area contributed by atoms with Gasteiger partial charge in [-0.15, -0.1) is 0 Å². The first kappa shape index (κ1) is 7.73. The van der Waals surface area contributed by atoms with Gasteiger partial charge in [0.05, 0.1) is 5.56 Å². The van der Waals surface area contributed by atoms with E-state index in [0.29, 0.717) is 11.3 Å². The van der Waals surface area contributed by atoms with Crippen LogP contribution in [0.2, 0.25) is 0 Å². The van der Waals surface area contributed by atoms with Gasteiger partial charge < -0.3 is 4.74 Å². The van der Waals surface area contributed by atoms with Gasteiger partial charge in [-0.2, -0.15) is 0 Å². The molecule has 0 aromatic heterocycles. The maximum Gasteiger partial charge on any atom is 0.218 e. The highest BCUT2D eigenvalue weighted by atomic mass is 79.9. The fourth-order valence-electron chi connectivity index (χ4n) is 1.08. The van der Waals surface area contributed by atoms with Crippen LogP contribution in [0.5, 0.6) is 5.75 Å². The van der Waals surface area contributed by atoms with Gasteiger partial charge in [0, 0.05) is 6.07 Å². The Morgan fingerprint density at radius 3 is 3.00 bits per heavy atom. The summed E-state index contributed by atoms with van der Waals surface area (Å²) in [6.45, 7) is 0. The number of rotatable bonds is 0. The van der Waals surface area contributed by atoms with Crippen LogP contribution in [-0.2, 0) is 0 Å². The second-order valence-corrected chi connectivity index (χ2v) is 3.27. The Balaban J connectivity index is 2.54. The molecular weight excluding hydrogens is 227 g/mol. The van der Waals surface area contributed by atoms with Crippen molar-refractivity contribution in [3.05, 3.63) is 29.6 Å².